The second-order valence-electron chi connectivity index (χ2n) is 7.26. The van der Waals surface area contributed by atoms with Gasteiger partial charge in [-0.15, -0.1) is 0 Å². The highest BCUT2D eigenvalue weighted by molar-refractivity contribution is 6.31. The van der Waals surface area contributed by atoms with Crippen molar-refractivity contribution in [1.82, 2.24) is 0 Å². The van der Waals surface area contributed by atoms with Crippen molar-refractivity contribution in [2.75, 3.05) is 5.32 Å². The van der Waals surface area contributed by atoms with E-state index < -0.39 is 5.97 Å². The second-order valence-corrected chi connectivity index (χ2v) is 7.67. The Morgan fingerprint density at radius 3 is 2.41 bits per heavy atom. The Hall–Kier alpha value is -2.78. The standard InChI is InChI=1S/C23H18ClNO2/c24-19-11-4-3-8-15(19)21-18-12-13-6-1-2-7-14(13)20(18)16-9-5-10-17(23(26)27)22(16)25-21/h1-11,18,20-21,25H,12H2,(H,26,27)/t18-,20-,21-/m1/s1. The van der Waals surface area contributed by atoms with Gasteiger partial charge in [0.05, 0.1) is 17.3 Å². The van der Waals surface area contributed by atoms with Crippen LogP contribution in [-0.4, -0.2) is 11.1 Å². The lowest BCUT2D eigenvalue weighted by atomic mass is 9.75. The number of benzene rings is 3. The number of fused-ring (bicyclic) bond motifs is 5. The van der Waals surface area contributed by atoms with Crippen LogP contribution in [0.1, 0.15) is 44.6 Å². The average Bonchev–Trinajstić information content (AvgIpc) is 3.07. The van der Waals surface area contributed by atoms with Crippen molar-refractivity contribution < 1.29 is 9.90 Å². The molecule has 3 aromatic carbocycles. The molecule has 3 nitrogen and oxygen atoms in total. The summed E-state index contributed by atoms with van der Waals surface area (Å²) in [7, 11) is 0. The molecule has 0 bridgehead atoms. The van der Waals surface area contributed by atoms with Crippen molar-refractivity contribution in [1.29, 1.82) is 0 Å². The van der Waals surface area contributed by atoms with Gasteiger partial charge >= 0.3 is 5.97 Å². The van der Waals surface area contributed by atoms with Crippen molar-refractivity contribution >= 4 is 23.3 Å². The maximum atomic E-state index is 11.9. The normalized spacial score (nSPS) is 22.3. The number of carboxylic acids is 1. The number of para-hydroxylation sites is 1. The third kappa shape index (κ3) is 2.46. The molecule has 0 saturated carbocycles. The van der Waals surface area contributed by atoms with Crippen LogP contribution in [0.2, 0.25) is 5.02 Å². The number of anilines is 1. The Labute approximate surface area is 162 Å². The summed E-state index contributed by atoms with van der Waals surface area (Å²) in [5.74, 6) is -0.459. The lowest BCUT2D eigenvalue weighted by Crippen LogP contribution is -2.31. The van der Waals surface area contributed by atoms with E-state index in [2.05, 4.69) is 35.6 Å². The topological polar surface area (TPSA) is 49.3 Å². The minimum atomic E-state index is -0.915. The van der Waals surface area contributed by atoms with Crippen LogP contribution in [-0.2, 0) is 6.42 Å². The summed E-state index contributed by atoms with van der Waals surface area (Å²) >= 11 is 6.53. The zero-order valence-corrected chi connectivity index (χ0v) is 15.3. The smallest absolute Gasteiger partial charge is 0.337 e. The number of aromatic carboxylic acids is 1. The van der Waals surface area contributed by atoms with Gasteiger partial charge in [0.15, 0.2) is 0 Å². The van der Waals surface area contributed by atoms with E-state index in [0.717, 1.165) is 17.5 Å². The number of carboxylic acid groups (broad SMARTS) is 1. The Balaban J connectivity index is 1.75. The van der Waals surface area contributed by atoms with E-state index >= 15 is 0 Å². The van der Waals surface area contributed by atoms with Crippen LogP contribution in [0.25, 0.3) is 0 Å². The van der Waals surface area contributed by atoms with Gasteiger partial charge in [-0.25, -0.2) is 4.79 Å². The van der Waals surface area contributed by atoms with Gasteiger partial charge in [-0.1, -0.05) is 66.2 Å². The first kappa shape index (κ1) is 16.4. The molecule has 0 fully saturated rings. The summed E-state index contributed by atoms with van der Waals surface area (Å²) in [6.45, 7) is 0. The van der Waals surface area contributed by atoms with E-state index in [-0.39, 0.29) is 12.0 Å². The molecule has 27 heavy (non-hydrogen) atoms. The Morgan fingerprint density at radius 2 is 1.63 bits per heavy atom. The number of halogens is 1. The summed E-state index contributed by atoms with van der Waals surface area (Å²) < 4.78 is 0. The fraction of sp³-hybridized carbons (Fsp3) is 0.174. The zero-order chi connectivity index (χ0) is 18.5. The van der Waals surface area contributed by atoms with Crippen molar-refractivity contribution in [3.8, 4) is 0 Å². The molecule has 0 radical (unpaired) electrons. The molecule has 0 spiro atoms. The first-order chi connectivity index (χ1) is 13.1. The molecule has 1 aliphatic heterocycles. The lowest BCUT2D eigenvalue weighted by Gasteiger charge is -2.38. The number of rotatable bonds is 2. The highest BCUT2D eigenvalue weighted by atomic mass is 35.5. The Morgan fingerprint density at radius 1 is 0.926 bits per heavy atom. The van der Waals surface area contributed by atoms with Gasteiger partial charge in [-0.3, -0.25) is 0 Å². The fourth-order valence-corrected chi connectivity index (χ4v) is 5.05. The highest BCUT2D eigenvalue weighted by Crippen LogP contribution is 2.55. The molecule has 1 aliphatic carbocycles. The van der Waals surface area contributed by atoms with Crippen LogP contribution < -0.4 is 5.32 Å². The molecule has 3 atom stereocenters. The number of hydrogen-bond donors (Lipinski definition) is 2. The molecule has 2 N–H and O–H groups in total. The van der Waals surface area contributed by atoms with Crippen LogP contribution in [0, 0.1) is 5.92 Å². The van der Waals surface area contributed by atoms with E-state index in [9.17, 15) is 9.90 Å². The third-order valence-corrected chi connectivity index (χ3v) is 6.25. The molecule has 0 amide bonds. The van der Waals surface area contributed by atoms with Gasteiger partial charge in [0.1, 0.15) is 0 Å². The summed E-state index contributed by atoms with van der Waals surface area (Å²) in [6.07, 6.45) is 0.945. The first-order valence-electron chi connectivity index (χ1n) is 9.10. The molecule has 0 unspecified atom stereocenters. The SMILES string of the molecule is O=C(O)c1cccc2c1N[C@H](c1ccccc1Cl)[C@@H]1Cc3ccccc3[C@H]21. The van der Waals surface area contributed by atoms with E-state index in [4.69, 9.17) is 11.6 Å². The molecule has 0 aromatic heterocycles. The number of hydrogen-bond acceptors (Lipinski definition) is 2. The molecule has 134 valence electrons. The first-order valence-corrected chi connectivity index (χ1v) is 9.48. The molecule has 5 rings (SSSR count). The molecular weight excluding hydrogens is 358 g/mol. The van der Waals surface area contributed by atoms with Gasteiger partial charge in [0.2, 0.25) is 0 Å². The third-order valence-electron chi connectivity index (χ3n) is 5.90. The fourth-order valence-electron chi connectivity index (χ4n) is 4.80. The van der Waals surface area contributed by atoms with Gasteiger partial charge in [-0.05, 0) is 46.7 Å². The minimum Gasteiger partial charge on any atom is -0.478 e. The summed E-state index contributed by atoms with van der Waals surface area (Å²) in [5.41, 5.74) is 5.74. The predicted molar refractivity (Wildman–Crippen MR) is 107 cm³/mol. The van der Waals surface area contributed by atoms with Crippen LogP contribution in [0.3, 0.4) is 0 Å². The van der Waals surface area contributed by atoms with Crippen LogP contribution in [0.5, 0.6) is 0 Å². The van der Waals surface area contributed by atoms with Crippen molar-refractivity contribution in [3.63, 3.8) is 0 Å². The summed E-state index contributed by atoms with van der Waals surface area (Å²) in [6, 6.07) is 21.9. The summed E-state index contributed by atoms with van der Waals surface area (Å²) in [4.78, 5) is 11.9. The molecule has 2 aliphatic rings. The summed E-state index contributed by atoms with van der Waals surface area (Å²) in [5, 5.41) is 14.0. The van der Waals surface area contributed by atoms with E-state index in [1.165, 1.54) is 11.1 Å². The maximum Gasteiger partial charge on any atom is 0.337 e. The zero-order valence-electron chi connectivity index (χ0n) is 14.5. The van der Waals surface area contributed by atoms with E-state index in [0.29, 0.717) is 22.2 Å². The highest BCUT2D eigenvalue weighted by Gasteiger charge is 2.44. The van der Waals surface area contributed by atoms with Crippen molar-refractivity contribution in [3.05, 3.63) is 99.6 Å². The predicted octanol–water partition coefficient (Wildman–Crippen LogP) is 5.51. The van der Waals surface area contributed by atoms with Gasteiger partial charge in [0, 0.05) is 10.9 Å². The largest absolute Gasteiger partial charge is 0.478 e. The van der Waals surface area contributed by atoms with Crippen LogP contribution in [0.4, 0.5) is 5.69 Å². The molecule has 0 saturated heterocycles. The molecule has 3 aromatic rings. The van der Waals surface area contributed by atoms with Crippen LogP contribution in [0.15, 0.2) is 66.7 Å². The van der Waals surface area contributed by atoms with E-state index in [1.54, 1.807) is 6.07 Å². The molecule has 1 heterocycles. The quantitative estimate of drug-likeness (QED) is 0.621. The Kier molecular flexibility index (Phi) is 3.73. The van der Waals surface area contributed by atoms with Gasteiger partial charge < -0.3 is 10.4 Å². The number of nitrogens with one attached hydrogen (secondary N) is 1. The average molecular weight is 376 g/mol. The Bertz CT molecular complexity index is 1060. The second kappa shape index (κ2) is 6.14. The molecular formula is C23H18ClNO2. The maximum absolute atomic E-state index is 11.9. The van der Waals surface area contributed by atoms with Gasteiger partial charge in [0.25, 0.3) is 0 Å². The van der Waals surface area contributed by atoms with Crippen molar-refractivity contribution in [2.45, 2.75) is 18.4 Å². The van der Waals surface area contributed by atoms with Gasteiger partial charge in [-0.2, -0.15) is 0 Å². The number of carbonyl (C=O) groups is 1. The lowest BCUT2D eigenvalue weighted by molar-refractivity contribution is 0.0697. The minimum absolute atomic E-state index is 0.0379. The van der Waals surface area contributed by atoms with E-state index in [1.807, 2.05) is 30.3 Å². The molecule has 4 heteroatoms. The van der Waals surface area contributed by atoms with Crippen molar-refractivity contribution in [2.24, 2.45) is 5.92 Å². The monoisotopic (exact) mass is 375 g/mol. The van der Waals surface area contributed by atoms with Crippen LogP contribution >= 0.6 is 11.6 Å².